The van der Waals surface area contributed by atoms with Gasteiger partial charge in [-0.15, -0.1) is 0 Å². The van der Waals surface area contributed by atoms with Crippen molar-refractivity contribution in [1.29, 1.82) is 5.26 Å². The van der Waals surface area contributed by atoms with Gasteiger partial charge in [-0.05, 0) is 35.5 Å². The maximum atomic E-state index is 13.5. The second-order valence-corrected chi connectivity index (χ2v) is 11.4. The second-order valence-electron chi connectivity index (χ2n) is 11.4. The number of carbonyl (C=O) groups excluding carboxylic acids is 3. The number of alkyl halides is 3. The molecule has 0 unspecified atom stereocenters. The predicted molar refractivity (Wildman–Crippen MR) is 117 cm³/mol. The minimum atomic E-state index is -4.48. The van der Waals surface area contributed by atoms with E-state index in [0.717, 1.165) is 0 Å². The number of fused-ring (bicyclic) bond motifs is 1. The van der Waals surface area contributed by atoms with Crippen LogP contribution in [0, 0.1) is 39.9 Å². The molecule has 3 aliphatic rings. The van der Waals surface area contributed by atoms with Crippen LogP contribution in [0.15, 0.2) is 0 Å². The molecule has 0 aromatic carbocycles. The maximum Gasteiger partial charge on any atom is 0.401 e. The summed E-state index contributed by atoms with van der Waals surface area (Å²) < 4.78 is 38.7. The number of nitrogens with one attached hydrogen (secondary N) is 3. The zero-order valence-electron chi connectivity index (χ0n) is 20.3. The fourth-order valence-corrected chi connectivity index (χ4v) is 5.52. The van der Waals surface area contributed by atoms with Gasteiger partial charge in [0.2, 0.25) is 17.7 Å². The van der Waals surface area contributed by atoms with E-state index in [1.54, 1.807) is 20.8 Å². The lowest BCUT2D eigenvalue weighted by Crippen LogP contribution is -2.59. The predicted octanol–water partition coefficient (Wildman–Crippen LogP) is 1.57. The van der Waals surface area contributed by atoms with Gasteiger partial charge in [0.05, 0.1) is 18.7 Å². The van der Waals surface area contributed by atoms with Crippen molar-refractivity contribution in [3.05, 3.63) is 0 Å². The summed E-state index contributed by atoms with van der Waals surface area (Å²) in [7, 11) is 0. The van der Waals surface area contributed by atoms with E-state index in [9.17, 15) is 32.8 Å². The highest BCUT2D eigenvalue weighted by Crippen LogP contribution is 2.65. The molecule has 3 fully saturated rings. The highest BCUT2D eigenvalue weighted by Gasteiger charge is 2.69. The third-order valence-electron chi connectivity index (χ3n) is 7.54. The average molecular weight is 486 g/mol. The molecule has 0 bridgehead atoms. The molecule has 0 spiro atoms. The molecule has 34 heavy (non-hydrogen) atoms. The number of nitrogens with zero attached hydrogens (tertiary/aromatic N) is 2. The van der Waals surface area contributed by atoms with Crippen molar-refractivity contribution in [1.82, 2.24) is 20.9 Å². The Morgan fingerprint density at radius 3 is 2.44 bits per heavy atom. The summed E-state index contributed by atoms with van der Waals surface area (Å²) in [5.74, 6) is -1.67. The molecule has 2 aliphatic heterocycles. The fourth-order valence-electron chi connectivity index (χ4n) is 5.52. The lowest BCUT2D eigenvalue weighted by Gasteiger charge is -2.38. The van der Waals surface area contributed by atoms with Gasteiger partial charge in [-0.1, -0.05) is 34.6 Å². The minimum absolute atomic E-state index is 0.0524. The first kappa shape index (κ1) is 26.3. The van der Waals surface area contributed by atoms with Gasteiger partial charge in [-0.2, -0.15) is 18.4 Å². The lowest BCUT2D eigenvalue weighted by molar-refractivity contribution is -0.147. The molecule has 1 aliphatic carbocycles. The van der Waals surface area contributed by atoms with Crippen LogP contribution in [0.4, 0.5) is 13.2 Å². The summed E-state index contributed by atoms with van der Waals surface area (Å²) in [5, 5.41) is 17.3. The van der Waals surface area contributed by atoms with Crippen molar-refractivity contribution in [3.8, 4) is 6.07 Å². The number of likely N-dealkylation sites (tertiary alicyclic amines) is 1. The monoisotopic (exact) mass is 485 g/mol. The van der Waals surface area contributed by atoms with Crippen LogP contribution in [-0.4, -0.2) is 66.6 Å². The van der Waals surface area contributed by atoms with Crippen LogP contribution in [0.5, 0.6) is 0 Å². The summed E-state index contributed by atoms with van der Waals surface area (Å²) in [4.78, 5) is 40.1. The number of piperidine rings is 1. The quantitative estimate of drug-likeness (QED) is 0.507. The molecule has 190 valence electrons. The molecule has 3 amide bonds. The molecule has 0 aromatic rings. The highest BCUT2D eigenvalue weighted by molar-refractivity contribution is 5.92. The topological polar surface area (TPSA) is 114 Å². The number of amides is 3. The molecule has 6 atom stereocenters. The van der Waals surface area contributed by atoms with Crippen LogP contribution in [0.2, 0.25) is 0 Å². The van der Waals surface area contributed by atoms with Crippen molar-refractivity contribution in [2.24, 2.45) is 28.6 Å². The van der Waals surface area contributed by atoms with Gasteiger partial charge in [-0.25, -0.2) is 0 Å². The number of hydrogen-bond acceptors (Lipinski definition) is 5. The third-order valence-corrected chi connectivity index (χ3v) is 7.54. The molecule has 8 nitrogen and oxygen atoms in total. The normalized spacial score (nSPS) is 29.6. The second kappa shape index (κ2) is 9.02. The Bertz CT molecular complexity index is 877. The van der Waals surface area contributed by atoms with E-state index in [2.05, 4.69) is 16.0 Å². The Morgan fingerprint density at radius 1 is 1.29 bits per heavy atom. The molecule has 3 rings (SSSR count). The summed E-state index contributed by atoms with van der Waals surface area (Å²) in [6.07, 6.45) is -3.73. The minimum Gasteiger partial charge on any atom is -0.356 e. The Hall–Kier alpha value is -2.35. The summed E-state index contributed by atoms with van der Waals surface area (Å²) in [5.41, 5.74) is -1.01. The Labute approximate surface area is 198 Å². The van der Waals surface area contributed by atoms with Gasteiger partial charge in [0.1, 0.15) is 12.1 Å². The number of rotatable bonds is 7. The average Bonchev–Trinajstić information content (AvgIpc) is 3.07. The molecule has 0 aromatic heterocycles. The number of halogens is 3. The largest absolute Gasteiger partial charge is 0.401 e. The van der Waals surface area contributed by atoms with Crippen LogP contribution in [0.3, 0.4) is 0 Å². The molecule has 2 saturated heterocycles. The van der Waals surface area contributed by atoms with E-state index < -0.39 is 48.1 Å². The first-order valence-electron chi connectivity index (χ1n) is 11.7. The summed E-state index contributed by atoms with van der Waals surface area (Å²) in [6, 6.07) is -0.890. The van der Waals surface area contributed by atoms with Crippen LogP contribution in [0.1, 0.15) is 47.5 Å². The molecule has 3 N–H and O–H groups in total. The lowest BCUT2D eigenvalue weighted by atomic mass is 9.85. The number of carbonyl (C=O) groups is 3. The van der Waals surface area contributed by atoms with Crippen molar-refractivity contribution in [3.63, 3.8) is 0 Å². The zero-order chi connectivity index (χ0) is 25.6. The highest BCUT2D eigenvalue weighted by atomic mass is 19.4. The smallest absolute Gasteiger partial charge is 0.356 e. The van der Waals surface area contributed by atoms with Gasteiger partial charge in [0, 0.05) is 19.0 Å². The maximum absolute atomic E-state index is 13.5. The van der Waals surface area contributed by atoms with Gasteiger partial charge in [0.15, 0.2) is 0 Å². The Kier molecular flexibility index (Phi) is 6.97. The van der Waals surface area contributed by atoms with Crippen LogP contribution in [-0.2, 0) is 14.4 Å². The first-order chi connectivity index (χ1) is 15.6. The van der Waals surface area contributed by atoms with E-state index in [1.807, 2.05) is 19.9 Å². The standard InChI is InChI=1S/C23H34F3N5O3/c1-21(2,3)17(29-11-23(24,25)26)20(34)31-10-14-15(22(14,4)5)16(31)19(33)30-13(9-27)8-12-6-7-28-18(12)32/h12-17,29H,6-8,10-11H2,1-5H3,(H,28,32)(H,30,33)/t12-,13-,14-,15-,16-,17+/m0/s1. The van der Waals surface area contributed by atoms with Crippen molar-refractivity contribution >= 4 is 17.7 Å². The Balaban J connectivity index is 1.77. The molecule has 11 heteroatoms. The number of hydrogen-bond donors (Lipinski definition) is 3. The van der Waals surface area contributed by atoms with E-state index in [-0.39, 0.29) is 42.0 Å². The fraction of sp³-hybridized carbons (Fsp3) is 0.826. The molecule has 1 saturated carbocycles. The van der Waals surface area contributed by atoms with Crippen LogP contribution in [0.25, 0.3) is 0 Å². The zero-order valence-corrected chi connectivity index (χ0v) is 20.3. The van der Waals surface area contributed by atoms with E-state index in [1.165, 1.54) is 4.90 Å². The van der Waals surface area contributed by atoms with Gasteiger partial charge < -0.3 is 15.5 Å². The third kappa shape index (κ3) is 5.32. The number of nitriles is 1. The van der Waals surface area contributed by atoms with Gasteiger partial charge in [-0.3, -0.25) is 19.7 Å². The van der Waals surface area contributed by atoms with E-state index >= 15 is 0 Å². The van der Waals surface area contributed by atoms with E-state index in [4.69, 9.17) is 0 Å². The van der Waals surface area contributed by atoms with Crippen molar-refractivity contribution in [2.75, 3.05) is 19.6 Å². The molecule has 0 radical (unpaired) electrons. The first-order valence-corrected chi connectivity index (χ1v) is 11.7. The molecular weight excluding hydrogens is 451 g/mol. The van der Waals surface area contributed by atoms with Crippen molar-refractivity contribution in [2.45, 2.75) is 71.8 Å². The van der Waals surface area contributed by atoms with Crippen LogP contribution < -0.4 is 16.0 Å². The van der Waals surface area contributed by atoms with E-state index in [0.29, 0.717) is 13.0 Å². The summed E-state index contributed by atoms with van der Waals surface area (Å²) >= 11 is 0. The SMILES string of the molecule is CC(C)(C)[C@H](NCC(F)(F)F)C(=O)N1C[C@H]2[C@@H]([C@H]1C(=O)N[C@H](C#N)C[C@@H]1CCNC1=O)C2(C)C. The Morgan fingerprint density at radius 2 is 1.94 bits per heavy atom. The molecular formula is C23H34F3N5O3. The van der Waals surface area contributed by atoms with Gasteiger partial charge >= 0.3 is 6.18 Å². The summed E-state index contributed by atoms with van der Waals surface area (Å²) in [6.45, 7) is 8.50. The van der Waals surface area contributed by atoms with Crippen molar-refractivity contribution < 1.29 is 27.6 Å². The van der Waals surface area contributed by atoms with Crippen LogP contribution >= 0.6 is 0 Å². The molecule has 2 heterocycles. The van der Waals surface area contributed by atoms with Gasteiger partial charge in [0.25, 0.3) is 0 Å².